The van der Waals surface area contributed by atoms with Gasteiger partial charge in [-0.2, -0.15) is 0 Å². The molecular formula is C7H14ClNO. The first-order chi connectivity index (χ1) is 4.09. The second kappa shape index (κ2) is 5.30. The second-order valence-corrected chi connectivity index (χ2v) is 2.29. The van der Waals surface area contributed by atoms with Gasteiger partial charge in [-0.25, -0.2) is 4.58 Å². The number of aliphatic hydroxyl groups excluding tert-OH is 1. The maximum Gasteiger partial charge on any atom is 0.178 e. The van der Waals surface area contributed by atoms with E-state index < -0.39 is 0 Å². The lowest BCUT2D eigenvalue weighted by molar-refractivity contribution is -0.464. The molecule has 60 valence electrons. The third-order valence-electron chi connectivity index (χ3n) is 1.44. The van der Waals surface area contributed by atoms with Gasteiger partial charge in [-0.05, 0) is 6.92 Å². The fraction of sp³-hybridized carbons (Fsp3) is 0.571. The zero-order chi connectivity index (χ0) is 7.44. The Labute approximate surface area is 68.3 Å². The van der Waals surface area contributed by atoms with Crippen LogP contribution in [0.15, 0.2) is 11.8 Å². The molecular weight excluding hydrogens is 150 g/mol. The van der Waals surface area contributed by atoms with Gasteiger partial charge in [0.1, 0.15) is 14.1 Å². The number of hydrogen-bond donors (Lipinski definition) is 1. The monoisotopic (exact) mass is 163 g/mol. The van der Waals surface area contributed by atoms with Crippen LogP contribution in [0.2, 0.25) is 0 Å². The Kier molecular flexibility index (Phi) is 6.46. The van der Waals surface area contributed by atoms with E-state index >= 15 is 0 Å². The number of rotatable bonds is 1. The number of allylic oxidation sites excluding steroid dienone is 1. The van der Waals surface area contributed by atoms with Gasteiger partial charge in [0.25, 0.3) is 0 Å². The van der Waals surface area contributed by atoms with Crippen LogP contribution >= 0.6 is 0 Å². The standard InChI is InChI=1S/C7H13NO.ClH/c1-6(5-9)7(2)8(3)4;/h5H,1-4H3;1H. The maximum atomic E-state index is 8.54. The van der Waals surface area contributed by atoms with Crippen molar-refractivity contribution in [2.45, 2.75) is 13.8 Å². The molecule has 0 heterocycles. The van der Waals surface area contributed by atoms with Crippen LogP contribution in [0.4, 0.5) is 0 Å². The molecule has 0 spiro atoms. The quantitative estimate of drug-likeness (QED) is 0.275. The lowest BCUT2D eigenvalue weighted by atomic mass is 10.2. The van der Waals surface area contributed by atoms with E-state index in [1.165, 1.54) is 0 Å². The third-order valence-corrected chi connectivity index (χ3v) is 1.44. The van der Waals surface area contributed by atoms with Crippen molar-refractivity contribution >= 4 is 5.71 Å². The van der Waals surface area contributed by atoms with Gasteiger partial charge >= 0.3 is 0 Å². The highest BCUT2D eigenvalue weighted by Crippen LogP contribution is 1.92. The third kappa shape index (κ3) is 3.51. The van der Waals surface area contributed by atoms with Gasteiger partial charge in [-0.3, -0.25) is 0 Å². The summed E-state index contributed by atoms with van der Waals surface area (Å²) in [6, 6.07) is 0. The molecule has 0 unspecified atom stereocenters. The summed E-state index contributed by atoms with van der Waals surface area (Å²) in [6.07, 6.45) is 1.12. The first-order valence-corrected chi connectivity index (χ1v) is 2.91. The van der Waals surface area contributed by atoms with Gasteiger partial charge in [-0.1, -0.05) is 0 Å². The van der Waals surface area contributed by atoms with Crippen LogP contribution in [-0.2, 0) is 0 Å². The molecule has 0 aromatic rings. The summed E-state index contributed by atoms with van der Waals surface area (Å²) in [5.41, 5.74) is 1.98. The van der Waals surface area contributed by atoms with E-state index in [4.69, 9.17) is 5.11 Å². The predicted octanol–water partition coefficient (Wildman–Crippen LogP) is -1.81. The molecule has 0 aromatic heterocycles. The molecule has 0 radical (unpaired) electrons. The highest BCUT2D eigenvalue weighted by atomic mass is 35.5. The SMILES string of the molecule is CC(/C(C)=C/O)=[N+](C)C.[Cl-]. The molecule has 0 bridgehead atoms. The Morgan fingerprint density at radius 2 is 1.70 bits per heavy atom. The zero-order valence-electron chi connectivity index (χ0n) is 6.85. The first-order valence-electron chi connectivity index (χ1n) is 2.91. The summed E-state index contributed by atoms with van der Waals surface area (Å²) < 4.78 is 1.96. The number of halogens is 1. The van der Waals surface area contributed by atoms with E-state index in [9.17, 15) is 0 Å². The van der Waals surface area contributed by atoms with E-state index in [0.29, 0.717) is 0 Å². The van der Waals surface area contributed by atoms with E-state index in [-0.39, 0.29) is 12.4 Å². The van der Waals surface area contributed by atoms with E-state index in [0.717, 1.165) is 17.5 Å². The average molecular weight is 164 g/mol. The zero-order valence-corrected chi connectivity index (χ0v) is 7.61. The summed E-state index contributed by atoms with van der Waals surface area (Å²) in [7, 11) is 3.89. The van der Waals surface area contributed by atoms with Crippen LogP contribution in [-0.4, -0.2) is 29.5 Å². The van der Waals surface area contributed by atoms with Crippen molar-refractivity contribution in [2.75, 3.05) is 14.1 Å². The molecule has 0 rings (SSSR count). The van der Waals surface area contributed by atoms with Crippen molar-refractivity contribution in [1.82, 2.24) is 0 Å². The Morgan fingerprint density at radius 3 is 1.80 bits per heavy atom. The summed E-state index contributed by atoms with van der Waals surface area (Å²) in [5.74, 6) is 0. The minimum absolute atomic E-state index is 0. The van der Waals surface area contributed by atoms with Crippen molar-refractivity contribution in [1.29, 1.82) is 0 Å². The Balaban J connectivity index is 0. The van der Waals surface area contributed by atoms with Gasteiger partial charge in [0, 0.05) is 12.5 Å². The van der Waals surface area contributed by atoms with Gasteiger partial charge < -0.3 is 17.5 Å². The highest BCUT2D eigenvalue weighted by molar-refractivity contribution is 5.93. The number of nitrogens with zero attached hydrogens (tertiary/aromatic N) is 1. The molecule has 0 atom stereocenters. The van der Waals surface area contributed by atoms with Crippen molar-refractivity contribution in [3.8, 4) is 0 Å². The summed E-state index contributed by atoms with van der Waals surface area (Å²) >= 11 is 0. The molecule has 10 heavy (non-hydrogen) atoms. The van der Waals surface area contributed by atoms with Crippen molar-refractivity contribution in [2.24, 2.45) is 0 Å². The molecule has 0 fully saturated rings. The smallest absolute Gasteiger partial charge is 0.178 e. The van der Waals surface area contributed by atoms with E-state index in [2.05, 4.69) is 0 Å². The van der Waals surface area contributed by atoms with Crippen molar-refractivity contribution < 1.29 is 22.1 Å². The van der Waals surface area contributed by atoms with Crippen LogP contribution in [0.3, 0.4) is 0 Å². The van der Waals surface area contributed by atoms with Gasteiger partial charge in [-0.15, -0.1) is 0 Å². The minimum Gasteiger partial charge on any atom is -1.00 e. The van der Waals surface area contributed by atoms with Crippen molar-refractivity contribution in [3.05, 3.63) is 11.8 Å². The molecule has 0 aromatic carbocycles. The van der Waals surface area contributed by atoms with Crippen LogP contribution in [0.1, 0.15) is 13.8 Å². The van der Waals surface area contributed by atoms with E-state index in [1.54, 1.807) is 0 Å². The molecule has 0 aliphatic rings. The highest BCUT2D eigenvalue weighted by Gasteiger charge is 2.00. The fourth-order valence-corrected chi connectivity index (χ4v) is 0.446. The van der Waals surface area contributed by atoms with Crippen LogP contribution in [0.25, 0.3) is 0 Å². The van der Waals surface area contributed by atoms with Crippen LogP contribution in [0, 0.1) is 0 Å². The summed E-state index contributed by atoms with van der Waals surface area (Å²) in [4.78, 5) is 0. The summed E-state index contributed by atoms with van der Waals surface area (Å²) in [6.45, 7) is 3.83. The average Bonchev–Trinajstić information content (AvgIpc) is 1.84. The molecule has 1 N–H and O–H groups in total. The molecule has 0 saturated carbocycles. The molecule has 0 amide bonds. The van der Waals surface area contributed by atoms with Crippen LogP contribution < -0.4 is 12.4 Å². The Bertz CT molecular complexity index is 157. The van der Waals surface area contributed by atoms with Gasteiger partial charge in [0.05, 0.1) is 6.26 Å². The molecule has 0 saturated heterocycles. The number of aliphatic hydroxyl groups is 1. The molecule has 0 aliphatic heterocycles. The first kappa shape index (κ1) is 12.2. The maximum absolute atomic E-state index is 8.54. The van der Waals surface area contributed by atoms with Crippen molar-refractivity contribution in [3.63, 3.8) is 0 Å². The second-order valence-electron chi connectivity index (χ2n) is 2.29. The normalized spacial score (nSPS) is 10.2. The van der Waals surface area contributed by atoms with E-state index in [1.807, 2.05) is 32.5 Å². The minimum atomic E-state index is 0. The Hall–Kier alpha value is -0.500. The predicted molar refractivity (Wildman–Crippen MR) is 39.2 cm³/mol. The molecule has 0 aliphatic carbocycles. The van der Waals surface area contributed by atoms with Crippen LogP contribution in [0.5, 0.6) is 0 Å². The fourth-order valence-electron chi connectivity index (χ4n) is 0.446. The van der Waals surface area contributed by atoms with Gasteiger partial charge in [0.2, 0.25) is 0 Å². The lowest BCUT2D eigenvalue weighted by Gasteiger charge is -1.94. The number of hydrogen-bond acceptors (Lipinski definition) is 1. The summed E-state index contributed by atoms with van der Waals surface area (Å²) in [5, 5.41) is 8.54. The molecule has 2 nitrogen and oxygen atoms in total. The Morgan fingerprint density at radius 1 is 1.30 bits per heavy atom. The van der Waals surface area contributed by atoms with Gasteiger partial charge in [0.15, 0.2) is 5.71 Å². The topological polar surface area (TPSA) is 23.2 Å². The molecule has 3 heteroatoms. The lowest BCUT2D eigenvalue weighted by Crippen LogP contribution is -3.00. The largest absolute Gasteiger partial charge is 1.00 e.